The van der Waals surface area contributed by atoms with Crippen molar-refractivity contribution in [2.75, 3.05) is 6.54 Å². The van der Waals surface area contributed by atoms with Gasteiger partial charge in [-0.1, -0.05) is 28.9 Å². The Morgan fingerprint density at radius 1 is 1.54 bits per heavy atom. The first-order chi connectivity index (χ1) is 6.15. The topological polar surface area (TPSA) is 26.0 Å². The van der Waals surface area contributed by atoms with Crippen molar-refractivity contribution in [1.29, 1.82) is 0 Å². The molecule has 2 rings (SSSR count). The van der Waals surface area contributed by atoms with Gasteiger partial charge in [-0.25, -0.2) is 0 Å². The van der Waals surface area contributed by atoms with Crippen LogP contribution in [0.25, 0.3) is 0 Å². The highest BCUT2D eigenvalue weighted by Crippen LogP contribution is 2.38. The van der Waals surface area contributed by atoms with Gasteiger partial charge in [0.15, 0.2) is 0 Å². The maximum absolute atomic E-state index is 5.81. The standard InChI is InChI=1S/C11H14BrN/c1-11(7-13)5-4-8-6-9(12)2-3-10(8)11/h2-3,6H,4-5,7,13H2,1H3. The van der Waals surface area contributed by atoms with E-state index in [1.54, 1.807) is 0 Å². The molecule has 0 saturated carbocycles. The van der Waals surface area contributed by atoms with E-state index in [1.165, 1.54) is 28.4 Å². The quantitative estimate of drug-likeness (QED) is 0.802. The molecule has 0 heterocycles. The molecule has 1 nitrogen and oxygen atoms in total. The van der Waals surface area contributed by atoms with E-state index in [0.717, 1.165) is 6.54 Å². The molecule has 1 atom stereocenters. The number of fused-ring (bicyclic) bond motifs is 1. The molecule has 1 aromatic carbocycles. The first-order valence-electron chi connectivity index (χ1n) is 4.65. The number of nitrogens with two attached hydrogens (primary N) is 1. The Morgan fingerprint density at radius 3 is 3.00 bits per heavy atom. The molecule has 0 fully saturated rings. The Bertz CT molecular complexity index is 335. The summed E-state index contributed by atoms with van der Waals surface area (Å²) in [6.45, 7) is 3.01. The lowest BCUT2D eigenvalue weighted by Crippen LogP contribution is -2.28. The highest BCUT2D eigenvalue weighted by atomic mass is 79.9. The smallest absolute Gasteiger partial charge is 0.0178 e. The van der Waals surface area contributed by atoms with E-state index in [1.807, 2.05) is 0 Å². The summed E-state index contributed by atoms with van der Waals surface area (Å²) in [6.07, 6.45) is 2.36. The van der Waals surface area contributed by atoms with E-state index < -0.39 is 0 Å². The lowest BCUT2D eigenvalue weighted by Gasteiger charge is -2.22. The summed E-state index contributed by atoms with van der Waals surface area (Å²) in [6, 6.07) is 6.54. The summed E-state index contributed by atoms with van der Waals surface area (Å²) in [5, 5.41) is 0. The molecule has 0 amide bonds. The fourth-order valence-corrected chi connectivity index (χ4v) is 2.52. The molecule has 13 heavy (non-hydrogen) atoms. The van der Waals surface area contributed by atoms with Crippen LogP contribution in [0.2, 0.25) is 0 Å². The minimum absolute atomic E-state index is 0.218. The van der Waals surface area contributed by atoms with E-state index in [-0.39, 0.29) is 5.41 Å². The monoisotopic (exact) mass is 239 g/mol. The van der Waals surface area contributed by atoms with Gasteiger partial charge in [-0.15, -0.1) is 0 Å². The Morgan fingerprint density at radius 2 is 2.31 bits per heavy atom. The number of hydrogen-bond donors (Lipinski definition) is 1. The molecule has 0 bridgehead atoms. The molecule has 1 unspecified atom stereocenters. The SMILES string of the molecule is CC1(CN)CCc2cc(Br)ccc21. The molecule has 2 N–H and O–H groups in total. The fourth-order valence-electron chi connectivity index (χ4n) is 2.12. The maximum Gasteiger partial charge on any atom is 0.0178 e. The van der Waals surface area contributed by atoms with Crippen molar-refractivity contribution in [3.05, 3.63) is 33.8 Å². The third-order valence-corrected chi connectivity index (χ3v) is 3.61. The zero-order chi connectivity index (χ0) is 9.47. The number of aryl methyl sites for hydroxylation is 1. The summed E-state index contributed by atoms with van der Waals surface area (Å²) in [5.74, 6) is 0. The van der Waals surface area contributed by atoms with Crippen molar-refractivity contribution >= 4 is 15.9 Å². The molecule has 0 aromatic heterocycles. The number of benzene rings is 1. The van der Waals surface area contributed by atoms with Crippen LogP contribution in [0.5, 0.6) is 0 Å². The average molecular weight is 240 g/mol. The van der Waals surface area contributed by atoms with Gasteiger partial charge < -0.3 is 5.73 Å². The molecule has 2 heteroatoms. The lowest BCUT2D eigenvalue weighted by molar-refractivity contribution is 0.482. The first kappa shape index (κ1) is 9.22. The van der Waals surface area contributed by atoms with Crippen LogP contribution < -0.4 is 5.73 Å². The molecule has 1 aromatic rings. The fraction of sp³-hybridized carbons (Fsp3) is 0.455. The van der Waals surface area contributed by atoms with Crippen molar-refractivity contribution in [1.82, 2.24) is 0 Å². The number of rotatable bonds is 1. The third kappa shape index (κ3) is 1.42. The van der Waals surface area contributed by atoms with Gasteiger partial charge in [-0.2, -0.15) is 0 Å². The first-order valence-corrected chi connectivity index (χ1v) is 5.44. The van der Waals surface area contributed by atoms with Gasteiger partial charge in [0.1, 0.15) is 0 Å². The molecule has 0 radical (unpaired) electrons. The van der Waals surface area contributed by atoms with Crippen LogP contribution in [0.3, 0.4) is 0 Å². The van der Waals surface area contributed by atoms with Crippen LogP contribution in [0, 0.1) is 0 Å². The van der Waals surface area contributed by atoms with Crippen LogP contribution in [0.1, 0.15) is 24.5 Å². The molecular formula is C11H14BrN. The van der Waals surface area contributed by atoms with E-state index in [0.29, 0.717) is 0 Å². The van der Waals surface area contributed by atoms with Crippen LogP contribution in [-0.2, 0) is 11.8 Å². The second-order valence-corrected chi connectivity index (χ2v) is 4.98. The third-order valence-electron chi connectivity index (χ3n) is 3.11. The summed E-state index contributed by atoms with van der Waals surface area (Å²) in [4.78, 5) is 0. The van der Waals surface area contributed by atoms with Crippen molar-refractivity contribution < 1.29 is 0 Å². The van der Waals surface area contributed by atoms with Crippen LogP contribution >= 0.6 is 15.9 Å². The van der Waals surface area contributed by atoms with Gasteiger partial charge in [-0.05, 0) is 36.1 Å². The van der Waals surface area contributed by atoms with Crippen LogP contribution in [-0.4, -0.2) is 6.54 Å². The maximum atomic E-state index is 5.81. The summed E-state index contributed by atoms with van der Waals surface area (Å²) < 4.78 is 1.17. The van der Waals surface area contributed by atoms with E-state index in [9.17, 15) is 0 Å². The zero-order valence-corrected chi connectivity index (χ0v) is 9.39. The van der Waals surface area contributed by atoms with E-state index in [2.05, 4.69) is 41.1 Å². The summed E-state index contributed by atoms with van der Waals surface area (Å²) >= 11 is 3.49. The van der Waals surface area contributed by atoms with Crippen LogP contribution in [0.4, 0.5) is 0 Å². The minimum atomic E-state index is 0.218. The lowest BCUT2D eigenvalue weighted by atomic mass is 9.84. The van der Waals surface area contributed by atoms with Crippen molar-refractivity contribution in [2.24, 2.45) is 5.73 Å². The second kappa shape index (κ2) is 3.10. The van der Waals surface area contributed by atoms with Crippen molar-refractivity contribution in [2.45, 2.75) is 25.2 Å². The van der Waals surface area contributed by atoms with Gasteiger partial charge in [0, 0.05) is 16.4 Å². The predicted octanol–water partition coefficient (Wildman–Crippen LogP) is 2.61. The zero-order valence-electron chi connectivity index (χ0n) is 7.81. The molecule has 70 valence electrons. The molecule has 0 saturated heterocycles. The van der Waals surface area contributed by atoms with Gasteiger partial charge in [-0.3, -0.25) is 0 Å². The average Bonchev–Trinajstić information content (AvgIpc) is 2.45. The Labute approximate surface area is 87.5 Å². The second-order valence-electron chi connectivity index (χ2n) is 4.07. The van der Waals surface area contributed by atoms with Crippen LogP contribution in [0.15, 0.2) is 22.7 Å². The minimum Gasteiger partial charge on any atom is -0.330 e. The molecule has 0 aliphatic heterocycles. The van der Waals surface area contributed by atoms with E-state index in [4.69, 9.17) is 5.73 Å². The summed E-state index contributed by atoms with van der Waals surface area (Å²) in [5.41, 5.74) is 8.93. The molecule has 0 spiro atoms. The predicted molar refractivity (Wildman–Crippen MR) is 58.9 cm³/mol. The van der Waals surface area contributed by atoms with Gasteiger partial charge in [0.05, 0.1) is 0 Å². The number of halogens is 1. The summed E-state index contributed by atoms with van der Waals surface area (Å²) in [7, 11) is 0. The Kier molecular flexibility index (Phi) is 2.20. The van der Waals surface area contributed by atoms with Gasteiger partial charge in [0.25, 0.3) is 0 Å². The van der Waals surface area contributed by atoms with Crippen molar-refractivity contribution in [3.8, 4) is 0 Å². The van der Waals surface area contributed by atoms with Gasteiger partial charge >= 0.3 is 0 Å². The van der Waals surface area contributed by atoms with Crippen molar-refractivity contribution in [3.63, 3.8) is 0 Å². The molecule has 1 aliphatic rings. The normalized spacial score (nSPS) is 26.1. The highest BCUT2D eigenvalue weighted by molar-refractivity contribution is 9.10. The molecular weight excluding hydrogens is 226 g/mol. The van der Waals surface area contributed by atoms with E-state index >= 15 is 0 Å². The molecule has 1 aliphatic carbocycles. The Balaban J connectivity index is 2.49. The Hall–Kier alpha value is -0.340. The highest BCUT2D eigenvalue weighted by Gasteiger charge is 2.32. The largest absolute Gasteiger partial charge is 0.330 e. The number of hydrogen-bond acceptors (Lipinski definition) is 1. The van der Waals surface area contributed by atoms with Gasteiger partial charge in [0.2, 0.25) is 0 Å².